The van der Waals surface area contributed by atoms with E-state index in [1.165, 1.54) is 6.07 Å². The number of benzene rings is 1. The van der Waals surface area contributed by atoms with Crippen molar-refractivity contribution >= 4 is 11.7 Å². The van der Waals surface area contributed by atoms with E-state index in [1.807, 2.05) is 0 Å². The minimum Gasteiger partial charge on any atom is -0.478 e. The molecule has 0 spiro atoms. The first-order chi connectivity index (χ1) is 9.19. The lowest BCUT2D eigenvalue weighted by molar-refractivity contribution is 0.0697. The molecule has 0 fully saturated rings. The Labute approximate surface area is 109 Å². The van der Waals surface area contributed by atoms with Crippen LogP contribution in [0.1, 0.15) is 16.1 Å². The molecule has 3 N–H and O–H groups in total. The van der Waals surface area contributed by atoms with E-state index in [2.05, 4.69) is 15.6 Å². The first-order valence-corrected chi connectivity index (χ1v) is 5.76. The van der Waals surface area contributed by atoms with E-state index in [4.69, 9.17) is 10.2 Å². The summed E-state index contributed by atoms with van der Waals surface area (Å²) in [6.07, 6.45) is 1.73. The highest BCUT2D eigenvalue weighted by Crippen LogP contribution is 2.11. The summed E-state index contributed by atoms with van der Waals surface area (Å²) in [5, 5.41) is 28.5. The molecule has 100 valence electrons. The Balaban J connectivity index is 1.97. The van der Waals surface area contributed by atoms with Gasteiger partial charge in [0.2, 0.25) is 0 Å². The van der Waals surface area contributed by atoms with Crippen LogP contribution in [0.3, 0.4) is 0 Å². The minimum atomic E-state index is -0.961. The smallest absolute Gasteiger partial charge is 0.335 e. The van der Waals surface area contributed by atoms with Crippen molar-refractivity contribution in [3.63, 3.8) is 0 Å². The summed E-state index contributed by atoms with van der Waals surface area (Å²) in [5.74, 6) is -0.961. The summed E-state index contributed by atoms with van der Waals surface area (Å²) >= 11 is 0. The molecule has 7 nitrogen and oxygen atoms in total. The number of carbonyl (C=O) groups is 1. The van der Waals surface area contributed by atoms with Gasteiger partial charge in [-0.2, -0.15) is 0 Å². The molecule has 2 aromatic rings. The normalized spacial score (nSPS) is 10.4. The standard InChI is InChI=1S/C12H14N4O3/c17-5-4-16-8-11(14-15-16)7-13-10-3-1-2-9(6-10)12(18)19/h1-3,6,8,13,17H,4-5,7H2,(H,18,19). The molecule has 1 aromatic carbocycles. The Morgan fingerprint density at radius 2 is 2.26 bits per heavy atom. The van der Waals surface area contributed by atoms with Gasteiger partial charge in [-0.05, 0) is 18.2 Å². The lowest BCUT2D eigenvalue weighted by Crippen LogP contribution is -2.03. The lowest BCUT2D eigenvalue weighted by Gasteiger charge is -2.04. The summed E-state index contributed by atoms with van der Waals surface area (Å²) in [5.41, 5.74) is 1.65. The highest BCUT2D eigenvalue weighted by atomic mass is 16.4. The molecular weight excluding hydrogens is 248 g/mol. The molecule has 0 aliphatic heterocycles. The molecule has 1 aromatic heterocycles. The topological polar surface area (TPSA) is 100 Å². The number of hydrogen-bond donors (Lipinski definition) is 3. The zero-order valence-electron chi connectivity index (χ0n) is 10.2. The van der Waals surface area contributed by atoms with Crippen LogP contribution in [0.25, 0.3) is 0 Å². The van der Waals surface area contributed by atoms with E-state index < -0.39 is 5.97 Å². The number of aliphatic hydroxyl groups excluding tert-OH is 1. The van der Waals surface area contributed by atoms with E-state index in [-0.39, 0.29) is 12.2 Å². The van der Waals surface area contributed by atoms with E-state index in [0.29, 0.717) is 24.5 Å². The van der Waals surface area contributed by atoms with Crippen molar-refractivity contribution in [3.05, 3.63) is 41.7 Å². The molecular formula is C12H14N4O3. The molecule has 0 aliphatic rings. The highest BCUT2D eigenvalue weighted by Gasteiger charge is 2.04. The Hall–Kier alpha value is -2.41. The number of aromatic nitrogens is 3. The average Bonchev–Trinajstić information content (AvgIpc) is 2.85. The summed E-state index contributed by atoms with van der Waals surface area (Å²) in [6.45, 7) is 0.854. The lowest BCUT2D eigenvalue weighted by atomic mass is 10.2. The molecule has 1 heterocycles. The third-order valence-electron chi connectivity index (χ3n) is 2.50. The maximum atomic E-state index is 10.8. The molecule has 0 radical (unpaired) electrons. The van der Waals surface area contributed by atoms with Gasteiger partial charge in [0.05, 0.1) is 31.5 Å². The quantitative estimate of drug-likeness (QED) is 0.704. The van der Waals surface area contributed by atoms with Gasteiger partial charge < -0.3 is 15.5 Å². The van der Waals surface area contributed by atoms with Gasteiger partial charge in [-0.3, -0.25) is 0 Å². The first kappa shape index (κ1) is 13.0. The number of anilines is 1. The van der Waals surface area contributed by atoms with Gasteiger partial charge in [-0.1, -0.05) is 11.3 Å². The summed E-state index contributed by atoms with van der Waals surface area (Å²) < 4.78 is 1.55. The van der Waals surface area contributed by atoms with Crippen molar-refractivity contribution in [1.82, 2.24) is 15.0 Å². The van der Waals surface area contributed by atoms with Crippen LogP contribution in [-0.4, -0.2) is 37.8 Å². The number of aromatic carboxylic acids is 1. The summed E-state index contributed by atoms with van der Waals surface area (Å²) in [4.78, 5) is 10.8. The third-order valence-corrected chi connectivity index (χ3v) is 2.50. The van der Waals surface area contributed by atoms with Crippen LogP contribution in [0.15, 0.2) is 30.5 Å². The van der Waals surface area contributed by atoms with Crippen molar-refractivity contribution in [2.75, 3.05) is 11.9 Å². The van der Waals surface area contributed by atoms with E-state index in [9.17, 15) is 4.79 Å². The molecule has 0 unspecified atom stereocenters. The van der Waals surface area contributed by atoms with Crippen molar-refractivity contribution < 1.29 is 15.0 Å². The Bertz CT molecular complexity index is 568. The van der Waals surface area contributed by atoms with Gasteiger partial charge in [0.1, 0.15) is 5.69 Å². The molecule has 19 heavy (non-hydrogen) atoms. The predicted molar refractivity (Wildman–Crippen MR) is 67.8 cm³/mol. The molecule has 0 saturated heterocycles. The predicted octanol–water partition coefficient (Wildman–Crippen LogP) is 0.581. The number of rotatable bonds is 6. The van der Waals surface area contributed by atoms with E-state index in [0.717, 1.165) is 0 Å². The maximum absolute atomic E-state index is 10.8. The van der Waals surface area contributed by atoms with Gasteiger partial charge in [0.15, 0.2) is 0 Å². The zero-order valence-corrected chi connectivity index (χ0v) is 10.2. The third kappa shape index (κ3) is 3.52. The first-order valence-electron chi connectivity index (χ1n) is 5.76. The number of nitrogens with zero attached hydrogens (tertiary/aromatic N) is 3. The molecule has 0 atom stereocenters. The fourth-order valence-electron chi connectivity index (χ4n) is 1.59. The van der Waals surface area contributed by atoms with Crippen LogP contribution in [0.2, 0.25) is 0 Å². The van der Waals surface area contributed by atoms with Crippen LogP contribution in [0, 0.1) is 0 Å². The number of aliphatic hydroxyl groups is 1. The van der Waals surface area contributed by atoms with Crippen LogP contribution in [0.5, 0.6) is 0 Å². The second-order valence-electron chi connectivity index (χ2n) is 3.94. The molecule has 7 heteroatoms. The van der Waals surface area contributed by atoms with Gasteiger partial charge in [0.25, 0.3) is 0 Å². The fourth-order valence-corrected chi connectivity index (χ4v) is 1.59. The van der Waals surface area contributed by atoms with Crippen molar-refractivity contribution in [3.8, 4) is 0 Å². The number of carboxylic acid groups (broad SMARTS) is 1. The van der Waals surface area contributed by atoms with E-state index >= 15 is 0 Å². The molecule has 2 rings (SSSR count). The minimum absolute atomic E-state index is 0.0108. The maximum Gasteiger partial charge on any atom is 0.335 e. The number of hydrogen-bond acceptors (Lipinski definition) is 5. The number of carboxylic acids is 1. The van der Waals surface area contributed by atoms with Crippen molar-refractivity contribution in [1.29, 1.82) is 0 Å². The zero-order chi connectivity index (χ0) is 13.7. The second-order valence-corrected chi connectivity index (χ2v) is 3.94. The van der Waals surface area contributed by atoms with Gasteiger partial charge in [-0.15, -0.1) is 5.10 Å². The molecule has 0 amide bonds. The van der Waals surface area contributed by atoms with Gasteiger partial charge in [0, 0.05) is 5.69 Å². The number of nitrogens with one attached hydrogen (secondary N) is 1. The highest BCUT2D eigenvalue weighted by molar-refractivity contribution is 5.88. The van der Waals surface area contributed by atoms with Crippen LogP contribution >= 0.6 is 0 Å². The van der Waals surface area contributed by atoms with Crippen LogP contribution in [-0.2, 0) is 13.1 Å². The second kappa shape index (κ2) is 5.96. The van der Waals surface area contributed by atoms with E-state index in [1.54, 1.807) is 29.1 Å². The summed E-state index contributed by atoms with van der Waals surface area (Å²) in [6, 6.07) is 6.55. The van der Waals surface area contributed by atoms with Crippen molar-refractivity contribution in [2.45, 2.75) is 13.1 Å². The average molecular weight is 262 g/mol. The molecule has 0 saturated carbocycles. The Kier molecular flexibility index (Phi) is 4.09. The van der Waals surface area contributed by atoms with Gasteiger partial charge in [-0.25, -0.2) is 9.48 Å². The van der Waals surface area contributed by atoms with Gasteiger partial charge >= 0.3 is 5.97 Å². The monoisotopic (exact) mass is 262 g/mol. The fraction of sp³-hybridized carbons (Fsp3) is 0.250. The van der Waals surface area contributed by atoms with Crippen LogP contribution < -0.4 is 5.32 Å². The largest absolute Gasteiger partial charge is 0.478 e. The van der Waals surface area contributed by atoms with Crippen LogP contribution in [0.4, 0.5) is 5.69 Å². The SMILES string of the molecule is O=C(O)c1cccc(NCc2cn(CCO)nn2)c1. The Morgan fingerprint density at radius 1 is 1.42 bits per heavy atom. The molecule has 0 bridgehead atoms. The van der Waals surface area contributed by atoms with Crippen molar-refractivity contribution in [2.24, 2.45) is 0 Å². The Morgan fingerprint density at radius 3 is 3.00 bits per heavy atom. The summed E-state index contributed by atoms with van der Waals surface area (Å²) in [7, 11) is 0. The molecule has 0 aliphatic carbocycles.